The van der Waals surface area contributed by atoms with Crippen LogP contribution in [0.5, 0.6) is 0 Å². The molecule has 0 radical (unpaired) electrons. The predicted octanol–water partition coefficient (Wildman–Crippen LogP) is 3.42. The van der Waals surface area contributed by atoms with Crippen LogP contribution in [0.3, 0.4) is 0 Å². The highest BCUT2D eigenvalue weighted by Crippen LogP contribution is 2.29. The number of methoxy groups -OCH3 is 1. The lowest BCUT2D eigenvalue weighted by Crippen LogP contribution is -2.31. The molecule has 0 aliphatic heterocycles. The second-order valence-electron chi connectivity index (χ2n) is 9.69. The number of carbonyl (C=O) groups excluding carboxylic acids is 3. The molecule has 2 aromatic rings. The minimum Gasteiger partial charge on any atom is -0.478 e. The maximum Gasteiger partial charge on any atom is 0.337 e. The Kier molecular flexibility index (Phi) is 9.97. The van der Waals surface area contributed by atoms with E-state index in [-0.39, 0.29) is 17.1 Å². The van der Waals surface area contributed by atoms with Gasteiger partial charge < -0.3 is 20.1 Å². The largest absolute Gasteiger partial charge is 0.478 e. The molecule has 10 nitrogen and oxygen atoms in total. The summed E-state index contributed by atoms with van der Waals surface area (Å²) < 4.78 is 4.64. The van der Waals surface area contributed by atoms with Crippen molar-refractivity contribution in [2.45, 2.75) is 62.6 Å². The first kappa shape index (κ1) is 29.5. The SMILES string of the molecule is COC(=O)c1ccnc(/C=C/C2(O)CCC(=O)CC2)c1.O=C1CCC(O)(/C=C/c2cc(C(=O)O)ccn2)CC1. The highest BCUT2D eigenvalue weighted by Gasteiger charge is 2.30. The maximum absolute atomic E-state index is 11.4. The van der Waals surface area contributed by atoms with Crippen LogP contribution in [-0.4, -0.2) is 67.1 Å². The van der Waals surface area contributed by atoms with Gasteiger partial charge in [0.05, 0.1) is 40.8 Å². The number of aromatic carboxylic acids is 1. The number of carboxylic acid groups (broad SMARTS) is 1. The number of carboxylic acids is 1. The molecule has 2 aromatic heterocycles. The number of carbonyl (C=O) groups is 4. The number of ether oxygens (including phenoxy) is 1. The summed E-state index contributed by atoms with van der Waals surface area (Å²) in [7, 11) is 1.32. The zero-order valence-corrected chi connectivity index (χ0v) is 21.7. The predicted molar refractivity (Wildman–Crippen MR) is 142 cm³/mol. The van der Waals surface area contributed by atoms with Gasteiger partial charge in [0, 0.05) is 38.1 Å². The molecular formula is C29H32N2O8. The first-order valence-corrected chi connectivity index (χ1v) is 12.6. The number of Topliss-reactive ketones (excluding diaryl/α,β-unsaturated/α-hetero) is 2. The fourth-order valence-electron chi connectivity index (χ4n) is 4.19. The Balaban J connectivity index is 0.000000216. The summed E-state index contributed by atoms with van der Waals surface area (Å²) in [5, 5.41) is 29.4. The lowest BCUT2D eigenvalue weighted by Gasteiger charge is -2.28. The zero-order valence-electron chi connectivity index (χ0n) is 21.7. The minimum atomic E-state index is -1.01. The Morgan fingerprint density at radius 2 is 1.21 bits per heavy atom. The molecule has 2 saturated carbocycles. The van der Waals surface area contributed by atoms with Crippen molar-refractivity contribution >= 4 is 35.7 Å². The number of esters is 1. The van der Waals surface area contributed by atoms with Gasteiger partial charge in [-0.3, -0.25) is 19.6 Å². The maximum atomic E-state index is 11.4. The third-order valence-corrected chi connectivity index (χ3v) is 6.71. The molecule has 0 spiro atoms. The Morgan fingerprint density at radius 3 is 1.62 bits per heavy atom. The van der Waals surface area contributed by atoms with Crippen LogP contribution in [0.4, 0.5) is 0 Å². The summed E-state index contributed by atoms with van der Waals surface area (Å²) in [6, 6.07) is 6.01. The van der Waals surface area contributed by atoms with Gasteiger partial charge in [0.1, 0.15) is 11.6 Å². The third-order valence-electron chi connectivity index (χ3n) is 6.71. The second kappa shape index (κ2) is 13.2. The summed E-state index contributed by atoms with van der Waals surface area (Å²) in [5.41, 5.74) is -0.344. The molecule has 2 fully saturated rings. The Hall–Kier alpha value is -4.02. The van der Waals surface area contributed by atoms with E-state index in [1.165, 1.54) is 31.6 Å². The first-order chi connectivity index (χ1) is 18.5. The van der Waals surface area contributed by atoms with Crippen molar-refractivity contribution in [1.29, 1.82) is 0 Å². The van der Waals surface area contributed by atoms with E-state index < -0.39 is 23.1 Å². The summed E-state index contributed by atoms with van der Waals surface area (Å²) in [6.07, 6.45) is 12.7. The molecule has 39 heavy (non-hydrogen) atoms. The molecule has 4 rings (SSSR count). The number of ketones is 2. The van der Waals surface area contributed by atoms with E-state index >= 15 is 0 Å². The summed E-state index contributed by atoms with van der Waals surface area (Å²) >= 11 is 0. The number of pyridine rings is 2. The van der Waals surface area contributed by atoms with Crippen LogP contribution in [0, 0.1) is 0 Å². The van der Waals surface area contributed by atoms with Crippen molar-refractivity contribution in [2.24, 2.45) is 0 Å². The molecule has 0 atom stereocenters. The smallest absolute Gasteiger partial charge is 0.337 e. The standard InChI is InChI=1S/C15H17NO4.C14H15NO4/c1-20-14(18)11-5-9-16-12(10-11)2-6-15(19)7-3-13(17)4-8-15;16-12-2-6-14(19,7-3-12)5-1-11-9-10(13(17)18)4-8-15-11/h2,5-6,9-10,19H,3-4,7-8H2,1H3;1,4-5,8-9,19H,2-3,6-7H2,(H,17,18)/b6-2+;5-1+. The molecule has 10 heteroatoms. The van der Waals surface area contributed by atoms with Crippen LogP contribution < -0.4 is 0 Å². The van der Waals surface area contributed by atoms with Gasteiger partial charge in [-0.15, -0.1) is 0 Å². The monoisotopic (exact) mass is 536 g/mol. The Bertz CT molecular complexity index is 1260. The third kappa shape index (κ3) is 9.05. The molecule has 0 bridgehead atoms. The topological polar surface area (TPSA) is 164 Å². The fraction of sp³-hybridized carbons (Fsp3) is 0.379. The molecule has 2 heterocycles. The van der Waals surface area contributed by atoms with Gasteiger partial charge >= 0.3 is 11.9 Å². The highest BCUT2D eigenvalue weighted by atomic mass is 16.5. The van der Waals surface area contributed by atoms with Gasteiger partial charge in [-0.05, 0) is 62.1 Å². The number of rotatable bonds is 6. The second-order valence-corrected chi connectivity index (χ2v) is 9.69. The normalized spacial score (nSPS) is 18.4. The van der Waals surface area contributed by atoms with E-state index in [0.29, 0.717) is 68.3 Å². The number of hydrogen-bond donors (Lipinski definition) is 3. The fourth-order valence-corrected chi connectivity index (χ4v) is 4.19. The summed E-state index contributed by atoms with van der Waals surface area (Å²) in [6.45, 7) is 0. The van der Waals surface area contributed by atoms with E-state index in [4.69, 9.17) is 5.11 Å². The zero-order chi connectivity index (χ0) is 28.5. The van der Waals surface area contributed by atoms with Gasteiger partial charge in [-0.25, -0.2) is 9.59 Å². The molecule has 206 valence electrons. The molecular weight excluding hydrogens is 504 g/mol. The summed E-state index contributed by atoms with van der Waals surface area (Å²) in [5.74, 6) is -1.08. The van der Waals surface area contributed by atoms with Crippen LogP contribution in [0.15, 0.2) is 48.8 Å². The minimum absolute atomic E-state index is 0.153. The number of aliphatic hydroxyl groups is 2. The number of nitrogens with zero attached hydrogens (tertiary/aromatic N) is 2. The highest BCUT2D eigenvalue weighted by molar-refractivity contribution is 5.89. The quantitative estimate of drug-likeness (QED) is 0.466. The first-order valence-electron chi connectivity index (χ1n) is 12.6. The Labute approximate surface area is 226 Å². The average molecular weight is 537 g/mol. The summed E-state index contributed by atoms with van der Waals surface area (Å²) in [4.78, 5) is 52.7. The molecule has 0 unspecified atom stereocenters. The lowest BCUT2D eigenvalue weighted by atomic mass is 9.84. The van der Waals surface area contributed by atoms with E-state index in [9.17, 15) is 29.4 Å². The van der Waals surface area contributed by atoms with Gasteiger partial charge in [0.15, 0.2) is 0 Å². The van der Waals surface area contributed by atoms with E-state index in [0.717, 1.165) is 0 Å². The van der Waals surface area contributed by atoms with E-state index in [2.05, 4.69) is 14.7 Å². The molecule has 2 aliphatic rings. The van der Waals surface area contributed by atoms with Crippen LogP contribution in [0.2, 0.25) is 0 Å². The van der Waals surface area contributed by atoms with Crippen LogP contribution in [-0.2, 0) is 14.3 Å². The van der Waals surface area contributed by atoms with E-state index in [1.807, 2.05) is 0 Å². The van der Waals surface area contributed by atoms with Crippen LogP contribution in [0.1, 0.15) is 83.5 Å². The van der Waals surface area contributed by atoms with Crippen molar-refractivity contribution < 1.29 is 39.2 Å². The molecule has 3 N–H and O–H groups in total. The average Bonchev–Trinajstić information content (AvgIpc) is 2.95. The van der Waals surface area contributed by atoms with Gasteiger partial charge in [0.2, 0.25) is 0 Å². The van der Waals surface area contributed by atoms with Gasteiger partial charge in [0.25, 0.3) is 0 Å². The van der Waals surface area contributed by atoms with Gasteiger partial charge in [-0.2, -0.15) is 0 Å². The molecule has 0 amide bonds. The lowest BCUT2D eigenvalue weighted by molar-refractivity contribution is -0.124. The van der Waals surface area contributed by atoms with Crippen molar-refractivity contribution in [1.82, 2.24) is 9.97 Å². The van der Waals surface area contributed by atoms with Crippen LogP contribution >= 0.6 is 0 Å². The number of aromatic nitrogens is 2. The van der Waals surface area contributed by atoms with E-state index in [1.54, 1.807) is 36.4 Å². The number of hydrogen-bond acceptors (Lipinski definition) is 9. The van der Waals surface area contributed by atoms with Crippen molar-refractivity contribution in [3.05, 3.63) is 71.3 Å². The van der Waals surface area contributed by atoms with Crippen LogP contribution in [0.25, 0.3) is 12.2 Å². The molecule has 0 aromatic carbocycles. The molecule has 0 saturated heterocycles. The van der Waals surface area contributed by atoms with Crippen molar-refractivity contribution in [3.63, 3.8) is 0 Å². The van der Waals surface area contributed by atoms with Crippen molar-refractivity contribution in [2.75, 3.05) is 7.11 Å². The van der Waals surface area contributed by atoms with Crippen molar-refractivity contribution in [3.8, 4) is 0 Å². The molecule has 2 aliphatic carbocycles. The van der Waals surface area contributed by atoms with Gasteiger partial charge in [-0.1, -0.05) is 12.2 Å². The Morgan fingerprint density at radius 1 is 0.795 bits per heavy atom.